The van der Waals surface area contributed by atoms with Crippen LogP contribution in [-0.2, 0) is 4.79 Å². The van der Waals surface area contributed by atoms with Gasteiger partial charge in [0.25, 0.3) is 5.91 Å². The lowest BCUT2D eigenvalue weighted by Gasteiger charge is -2.18. The summed E-state index contributed by atoms with van der Waals surface area (Å²) in [7, 11) is 1.63. The Bertz CT molecular complexity index is 1060. The van der Waals surface area contributed by atoms with Gasteiger partial charge in [-0.25, -0.2) is 4.99 Å². The molecule has 1 amide bonds. The lowest BCUT2D eigenvalue weighted by Crippen LogP contribution is -2.32. The van der Waals surface area contributed by atoms with Crippen molar-refractivity contribution in [3.8, 4) is 5.75 Å². The molecule has 1 aliphatic rings. The van der Waals surface area contributed by atoms with Crippen LogP contribution in [0.1, 0.15) is 11.1 Å². The zero-order chi connectivity index (χ0) is 19.5. The molecule has 0 aliphatic carbocycles. The third-order valence-corrected chi connectivity index (χ3v) is 4.93. The quantitative estimate of drug-likeness (QED) is 0.525. The Morgan fingerprint density at radius 3 is 2.25 bits per heavy atom. The van der Waals surface area contributed by atoms with E-state index in [9.17, 15) is 4.79 Å². The standard InChI is InChI=1S/C23H17BrN2O2/c1-28-20-13-7-17(8-14-20)22-25-21(15-16-5-3-2-4-6-16)23(27)26(22)19-11-9-18(24)10-12-19/h2-15H,1H3/b21-15+. The Labute approximate surface area is 171 Å². The van der Waals surface area contributed by atoms with Gasteiger partial charge in [-0.05, 0) is 60.2 Å². The van der Waals surface area contributed by atoms with E-state index >= 15 is 0 Å². The Balaban J connectivity index is 1.80. The zero-order valence-electron chi connectivity index (χ0n) is 15.2. The summed E-state index contributed by atoms with van der Waals surface area (Å²) in [6.45, 7) is 0. The van der Waals surface area contributed by atoms with Crippen LogP contribution in [0.15, 0.2) is 94.0 Å². The molecule has 3 aromatic carbocycles. The van der Waals surface area contributed by atoms with E-state index < -0.39 is 0 Å². The van der Waals surface area contributed by atoms with Crippen molar-refractivity contribution < 1.29 is 9.53 Å². The van der Waals surface area contributed by atoms with E-state index in [2.05, 4.69) is 20.9 Å². The summed E-state index contributed by atoms with van der Waals surface area (Å²) in [5.74, 6) is 1.19. The van der Waals surface area contributed by atoms with Gasteiger partial charge < -0.3 is 4.74 Å². The van der Waals surface area contributed by atoms with Crippen LogP contribution in [0.4, 0.5) is 5.69 Å². The molecule has 0 unspecified atom stereocenters. The van der Waals surface area contributed by atoms with Gasteiger partial charge in [0, 0.05) is 10.0 Å². The number of anilines is 1. The fourth-order valence-electron chi connectivity index (χ4n) is 2.99. The number of benzene rings is 3. The molecule has 0 N–H and O–H groups in total. The number of aliphatic imine (C=N–C) groups is 1. The zero-order valence-corrected chi connectivity index (χ0v) is 16.8. The first-order chi connectivity index (χ1) is 13.7. The number of halogens is 1. The summed E-state index contributed by atoms with van der Waals surface area (Å²) in [6.07, 6.45) is 1.81. The predicted octanol–water partition coefficient (Wildman–Crippen LogP) is 5.29. The summed E-state index contributed by atoms with van der Waals surface area (Å²) in [4.78, 5) is 19.5. The third kappa shape index (κ3) is 3.62. The number of carbonyl (C=O) groups excluding carboxylic acids is 1. The van der Waals surface area contributed by atoms with Gasteiger partial charge in [-0.15, -0.1) is 0 Å². The number of ether oxygens (including phenoxy) is 1. The lowest BCUT2D eigenvalue weighted by molar-refractivity contribution is -0.113. The van der Waals surface area contributed by atoms with E-state index in [0.717, 1.165) is 27.0 Å². The van der Waals surface area contributed by atoms with Crippen LogP contribution in [0, 0.1) is 0 Å². The van der Waals surface area contributed by atoms with E-state index in [1.807, 2.05) is 84.9 Å². The van der Waals surface area contributed by atoms with Gasteiger partial charge in [0.1, 0.15) is 17.3 Å². The third-order valence-electron chi connectivity index (χ3n) is 4.40. The van der Waals surface area contributed by atoms with Gasteiger partial charge in [-0.2, -0.15) is 0 Å². The molecule has 4 nitrogen and oxygen atoms in total. The summed E-state index contributed by atoms with van der Waals surface area (Å²) in [6, 6.07) is 24.9. The SMILES string of the molecule is COc1ccc(C2=N/C(=C/c3ccccc3)C(=O)N2c2ccc(Br)cc2)cc1. The number of hydrogen-bond donors (Lipinski definition) is 0. The number of amides is 1. The van der Waals surface area contributed by atoms with Crippen molar-refractivity contribution in [2.24, 2.45) is 4.99 Å². The molecule has 0 atom stereocenters. The molecule has 0 aromatic heterocycles. The highest BCUT2D eigenvalue weighted by Crippen LogP contribution is 2.29. The summed E-state index contributed by atoms with van der Waals surface area (Å²) >= 11 is 3.44. The van der Waals surface area contributed by atoms with Crippen LogP contribution in [0.2, 0.25) is 0 Å². The van der Waals surface area contributed by atoms with Crippen LogP contribution in [-0.4, -0.2) is 18.9 Å². The van der Waals surface area contributed by atoms with Gasteiger partial charge in [-0.1, -0.05) is 46.3 Å². The average molecular weight is 433 g/mol. The first-order valence-corrected chi connectivity index (χ1v) is 9.55. The van der Waals surface area contributed by atoms with Gasteiger partial charge >= 0.3 is 0 Å². The molecule has 0 radical (unpaired) electrons. The van der Waals surface area contributed by atoms with E-state index in [0.29, 0.717) is 11.5 Å². The molecule has 0 bridgehead atoms. The second-order valence-corrected chi connectivity index (χ2v) is 7.14. The number of rotatable bonds is 4. The minimum Gasteiger partial charge on any atom is -0.497 e. The molecule has 1 aliphatic heterocycles. The molecule has 0 spiro atoms. The highest BCUT2D eigenvalue weighted by atomic mass is 79.9. The summed E-state index contributed by atoms with van der Waals surface area (Å²) in [5.41, 5.74) is 2.94. The Morgan fingerprint density at radius 1 is 0.929 bits per heavy atom. The molecule has 1 heterocycles. The highest BCUT2D eigenvalue weighted by Gasteiger charge is 2.32. The van der Waals surface area contributed by atoms with Crippen LogP contribution < -0.4 is 9.64 Å². The number of carbonyl (C=O) groups is 1. The maximum absolute atomic E-state index is 13.2. The maximum atomic E-state index is 13.2. The number of nitrogens with zero attached hydrogens (tertiary/aromatic N) is 2. The highest BCUT2D eigenvalue weighted by molar-refractivity contribution is 9.10. The van der Waals surface area contributed by atoms with Crippen LogP contribution >= 0.6 is 15.9 Å². The number of methoxy groups -OCH3 is 1. The molecule has 4 rings (SSSR count). The lowest BCUT2D eigenvalue weighted by atomic mass is 10.1. The normalized spacial score (nSPS) is 15.1. The average Bonchev–Trinajstić information content (AvgIpc) is 3.05. The maximum Gasteiger partial charge on any atom is 0.282 e. The molecular weight excluding hydrogens is 416 g/mol. The minimum atomic E-state index is -0.156. The monoisotopic (exact) mass is 432 g/mol. The Morgan fingerprint density at radius 2 is 1.61 bits per heavy atom. The van der Waals surface area contributed by atoms with Crippen molar-refractivity contribution in [3.05, 3.63) is 100 Å². The predicted molar refractivity (Wildman–Crippen MR) is 116 cm³/mol. The van der Waals surface area contributed by atoms with Gasteiger partial charge in [-0.3, -0.25) is 9.69 Å². The van der Waals surface area contributed by atoms with E-state index in [-0.39, 0.29) is 5.91 Å². The van der Waals surface area contributed by atoms with Crippen molar-refractivity contribution in [1.29, 1.82) is 0 Å². The Hall–Kier alpha value is -3.18. The molecule has 138 valence electrons. The van der Waals surface area contributed by atoms with E-state index in [1.54, 1.807) is 12.0 Å². The summed E-state index contributed by atoms with van der Waals surface area (Å²) < 4.78 is 6.19. The van der Waals surface area contributed by atoms with Crippen molar-refractivity contribution in [2.75, 3.05) is 12.0 Å². The van der Waals surface area contributed by atoms with Crippen molar-refractivity contribution in [2.45, 2.75) is 0 Å². The van der Waals surface area contributed by atoms with Crippen molar-refractivity contribution in [1.82, 2.24) is 0 Å². The molecule has 3 aromatic rings. The van der Waals surface area contributed by atoms with Crippen LogP contribution in [0.5, 0.6) is 5.75 Å². The topological polar surface area (TPSA) is 41.9 Å². The minimum absolute atomic E-state index is 0.156. The second kappa shape index (κ2) is 7.82. The molecule has 5 heteroatoms. The molecule has 0 fully saturated rings. The van der Waals surface area contributed by atoms with Gasteiger partial charge in [0.05, 0.1) is 12.8 Å². The fraction of sp³-hybridized carbons (Fsp3) is 0.0435. The second-order valence-electron chi connectivity index (χ2n) is 6.22. The Kier molecular flexibility index (Phi) is 5.08. The number of hydrogen-bond acceptors (Lipinski definition) is 3. The molecule has 0 saturated heterocycles. The van der Waals surface area contributed by atoms with Crippen LogP contribution in [0.25, 0.3) is 6.08 Å². The largest absolute Gasteiger partial charge is 0.497 e. The van der Waals surface area contributed by atoms with Crippen LogP contribution in [0.3, 0.4) is 0 Å². The molecule has 28 heavy (non-hydrogen) atoms. The van der Waals surface area contributed by atoms with Gasteiger partial charge in [0.15, 0.2) is 0 Å². The van der Waals surface area contributed by atoms with Crippen molar-refractivity contribution in [3.63, 3.8) is 0 Å². The summed E-state index contributed by atoms with van der Waals surface area (Å²) in [5, 5.41) is 0. The smallest absolute Gasteiger partial charge is 0.282 e. The first kappa shape index (κ1) is 18.2. The molecule has 0 saturated carbocycles. The van der Waals surface area contributed by atoms with Crippen molar-refractivity contribution >= 4 is 39.4 Å². The molecular formula is C23H17BrN2O2. The fourth-order valence-corrected chi connectivity index (χ4v) is 3.25. The van der Waals surface area contributed by atoms with E-state index in [4.69, 9.17) is 4.74 Å². The van der Waals surface area contributed by atoms with E-state index in [1.165, 1.54) is 0 Å². The number of amidine groups is 1. The first-order valence-electron chi connectivity index (χ1n) is 8.75. The van der Waals surface area contributed by atoms with Gasteiger partial charge in [0.2, 0.25) is 0 Å².